The maximum absolute atomic E-state index is 5.60. The van der Waals surface area contributed by atoms with Gasteiger partial charge in [-0.15, -0.1) is 24.0 Å². The quantitative estimate of drug-likeness (QED) is 0.145. The number of aryl methyl sites for hydroxylation is 2. The molecule has 0 spiro atoms. The molecule has 0 atom stereocenters. The molecule has 32 heavy (non-hydrogen) atoms. The Balaban J connectivity index is 0.00000289. The van der Waals surface area contributed by atoms with Crippen LogP contribution in [0.4, 0.5) is 0 Å². The molecular weight excluding hydrogens is 515 g/mol. The van der Waals surface area contributed by atoms with Crippen molar-refractivity contribution in [3.63, 3.8) is 0 Å². The van der Waals surface area contributed by atoms with E-state index in [0.29, 0.717) is 12.4 Å². The Labute approximate surface area is 205 Å². The van der Waals surface area contributed by atoms with Gasteiger partial charge in [0.1, 0.15) is 17.8 Å². The molecule has 0 bridgehead atoms. The molecule has 0 amide bonds. The van der Waals surface area contributed by atoms with Crippen LogP contribution in [-0.2, 0) is 13.1 Å². The monoisotopic (exact) mass is 544 g/mol. The van der Waals surface area contributed by atoms with Gasteiger partial charge in [0, 0.05) is 25.2 Å². The molecule has 2 N–H and O–H groups in total. The van der Waals surface area contributed by atoms with Crippen LogP contribution in [0.2, 0.25) is 0 Å². The number of hydrogen-bond donors (Lipinski definition) is 2. The summed E-state index contributed by atoms with van der Waals surface area (Å²) in [6, 6.07) is 18.1. The molecule has 2 aromatic carbocycles. The SMILES string of the molecule is CCNC(=NCc1coc(-c2ccccc2)n1)NCCCn1c(C)nc2ccccc21.I. The molecule has 0 saturated carbocycles. The Hall–Kier alpha value is -2.88. The van der Waals surface area contributed by atoms with Gasteiger partial charge in [-0.05, 0) is 44.5 Å². The molecule has 2 heterocycles. The number of guanidine groups is 1. The van der Waals surface area contributed by atoms with E-state index >= 15 is 0 Å². The van der Waals surface area contributed by atoms with Crippen molar-refractivity contribution in [1.82, 2.24) is 25.2 Å². The van der Waals surface area contributed by atoms with E-state index in [1.807, 2.05) is 36.4 Å². The molecule has 0 radical (unpaired) electrons. The zero-order valence-electron chi connectivity index (χ0n) is 18.4. The Morgan fingerprint density at radius 3 is 2.62 bits per heavy atom. The Morgan fingerprint density at radius 1 is 1.03 bits per heavy atom. The first kappa shape index (κ1) is 23.8. The maximum atomic E-state index is 5.60. The fourth-order valence-corrected chi connectivity index (χ4v) is 3.52. The minimum absolute atomic E-state index is 0. The Morgan fingerprint density at radius 2 is 1.81 bits per heavy atom. The van der Waals surface area contributed by atoms with Gasteiger partial charge in [0.2, 0.25) is 5.89 Å². The summed E-state index contributed by atoms with van der Waals surface area (Å²) in [5.41, 5.74) is 3.99. The fraction of sp³-hybridized carbons (Fsp3) is 0.292. The lowest BCUT2D eigenvalue weighted by Crippen LogP contribution is -2.38. The molecule has 2 aromatic heterocycles. The average molecular weight is 544 g/mol. The van der Waals surface area contributed by atoms with Crippen molar-refractivity contribution < 1.29 is 4.42 Å². The normalized spacial score (nSPS) is 11.4. The van der Waals surface area contributed by atoms with E-state index in [1.54, 1.807) is 6.26 Å². The van der Waals surface area contributed by atoms with E-state index in [2.05, 4.69) is 62.2 Å². The number of fused-ring (bicyclic) bond motifs is 1. The van der Waals surface area contributed by atoms with Crippen LogP contribution in [0.15, 0.2) is 70.3 Å². The molecule has 7 nitrogen and oxygen atoms in total. The fourth-order valence-electron chi connectivity index (χ4n) is 3.52. The second-order valence-electron chi connectivity index (χ2n) is 7.28. The zero-order chi connectivity index (χ0) is 21.5. The van der Waals surface area contributed by atoms with E-state index in [9.17, 15) is 0 Å². The summed E-state index contributed by atoms with van der Waals surface area (Å²) in [4.78, 5) is 13.8. The van der Waals surface area contributed by atoms with Gasteiger partial charge >= 0.3 is 0 Å². The molecule has 4 aromatic rings. The second kappa shape index (κ2) is 11.7. The molecule has 0 fully saturated rings. The van der Waals surface area contributed by atoms with Gasteiger partial charge in [-0.2, -0.15) is 0 Å². The Bertz CT molecular complexity index is 1150. The average Bonchev–Trinajstić information content (AvgIpc) is 3.39. The first-order valence-corrected chi connectivity index (χ1v) is 10.7. The van der Waals surface area contributed by atoms with Crippen LogP contribution < -0.4 is 10.6 Å². The van der Waals surface area contributed by atoms with E-state index < -0.39 is 0 Å². The molecule has 4 rings (SSSR count). The van der Waals surface area contributed by atoms with Gasteiger partial charge in [-0.25, -0.2) is 15.0 Å². The summed E-state index contributed by atoms with van der Waals surface area (Å²) in [6.07, 6.45) is 2.63. The van der Waals surface area contributed by atoms with Crippen LogP contribution >= 0.6 is 24.0 Å². The van der Waals surface area contributed by atoms with Crippen molar-refractivity contribution in [1.29, 1.82) is 0 Å². The van der Waals surface area contributed by atoms with E-state index in [0.717, 1.165) is 54.6 Å². The highest BCUT2D eigenvalue weighted by Crippen LogP contribution is 2.18. The standard InChI is InChI=1S/C24H28N6O.HI/c1-3-25-24(27-16-20-17-31-23(29-20)19-10-5-4-6-11-19)26-14-9-15-30-18(2)28-21-12-7-8-13-22(21)30;/h4-8,10-13,17H,3,9,14-16H2,1-2H3,(H2,25,26,27);1H. The summed E-state index contributed by atoms with van der Waals surface area (Å²) in [5, 5.41) is 6.69. The predicted octanol–water partition coefficient (Wildman–Crippen LogP) is 4.76. The third-order valence-electron chi connectivity index (χ3n) is 5.01. The lowest BCUT2D eigenvalue weighted by atomic mass is 10.2. The summed E-state index contributed by atoms with van der Waals surface area (Å²) in [7, 11) is 0. The van der Waals surface area contributed by atoms with Crippen molar-refractivity contribution in [2.45, 2.75) is 33.4 Å². The van der Waals surface area contributed by atoms with Crippen molar-refractivity contribution in [2.24, 2.45) is 4.99 Å². The van der Waals surface area contributed by atoms with E-state index in [4.69, 9.17) is 4.42 Å². The highest BCUT2D eigenvalue weighted by atomic mass is 127. The largest absolute Gasteiger partial charge is 0.444 e. The number of nitrogens with one attached hydrogen (secondary N) is 2. The number of halogens is 1. The number of aliphatic imine (C=N–C) groups is 1. The zero-order valence-corrected chi connectivity index (χ0v) is 20.7. The third kappa shape index (κ3) is 5.87. The van der Waals surface area contributed by atoms with Gasteiger partial charge in [0.15, 0.2) is 5.96 Å². The highest BCUT2D eigenvalue weighted by Gasteiger charge is 2.08. The number of hydrogen-bond acceptors (Lipinski definition) is 4. The van der Waals surface area contributed by atoms with Crippen molar-refractivity contribution in [3.05, 3.63) is 72.4 Å². The van der Waals surface area contributed by atoms with Gasteiger partial charge in [0.25, 0.3) is 0 Å². The van der Waals surface area contributed by atoms with Crippen LogP contribution in [0, 0.1) is 6.92 Å². The molecule has 0 saturated heterocycles. The summed E-state index contributed by atoms with van der Waals surface area (Å²) in [6.45, 7) is 7.08. The predicted molar refractivity (Wildman–Crippen MR) is 139 cm³/mol. The topological polar surface area (TPSA) is 80.3 Å². The van der Waals surface area contributed by atoms with Crippen molar-refractivity contribution in [2.75, 3.05) is 13.1 Å². The number of para-hydroxylation sites is 2. The lowest BCUT2D eigenvalue weighted by molar-refractivity contribution is 0.572. The highest BCUT2D eigenvalue weighted by molar-refractivity contribution is 14.0. The minimum atomic E-state index is 0. The molecule has 0 aliphatic rings. The molecule has 168 valence electrons. The number of rotatable bonds is 8. The number of imidazole rings is 1. The summed E-state index contributed by atoms with van der Waals surface area (Å²) < 4.78 is 7.86. The van der Waals surface area contributed by atoms with E-state index in [1.165, 1.54) is 5.52 Å². The number of benzene rings is 2. The number of aromatic nitrogens is 3. The van der Waals surface area contributed by atoms with Crippen LogP contribution in [0.25, 0.3) is 22.5 Å². The molecule has 0 unspecified atom stereocenters. The van der Waals surface area contributed by atoms with Crippen molar-refractivity contribution >= 4 is 41.0 Å². The van der Waals surface area contributed by atoms with Crippen LogP contribution in [0.1, 0.15) is 24.9 Å². The maximum Gasteiger partial charge on any atom is 0.226 e. The molecule has 0 aliphatic heterocycles. The molecular formula is C24H29IN6O. The van der Waals surface area contributed by atoms with Crippen LogP contribution in [0.5, 0.6) is 0 Å². The third-order valence-corrected chi connectivity index (χ3v) is 5.01. The second-order valence-corrected chi connectivity index (χ2v) is 7.28. The van der Waals surface area contributed by atoms with Gasteiger partial charge in [-0.1, -0.05) is 30.3 Å². The van der Waals surface area contributed by atoms with Crippen LogP contribution in [-0.4, -0.2) is 33.6 Å². The molecule has 8 heteroatoms. The van der Waals surface area contributed by atoms with E-state index in [-0.39, 0.29) is 24.0 Å². The Kier molecular flexibility index (Phi) is 8.66. The smallest absolute Gasteiger partial charge is 0.226 e. The summed E-state index contributed by atoms with van der Waals surface area (Å²) >= 11 is 0. The lowest BCUT2D eigenvalue weighted by Gasteiger charge is -2.12. The number of oxazole rings is 1. The minimum Gasteiger partial charge on any atom is -0.444 e. The number of nitrogens with zero attached hydrogens (tertiary/aromatic N) is 4. The van der Waals surface area contributed by atoms with Gasteiger partial charge in [0.05, 0.1) is 17.6 Å². The first-order valence-electron chi connectivity index (χ1n) is 10.7. The first-order chi connectivity index (χ1) is 15.2. The molecule has 0 aliphatic carbocycles. The van der Waals surface area contributed by atoms with Crippen molar-refractivity contribution in [3.8, 4) is 11.5 Å². The summed E-state index contributed by atoms with van der Waals surface area (Å²) in [5.74, 6) is 2.44. The van der Waals surface area contributed by atoms with Gasteiger partial charge < -0.3 is 19.6 Å². The van der Waals surface area contributed by atoms with Crippen LogP contribution in [0.3, 0.4) is 0 Å². The van der Waals surface area contributed by atoms with Gasteiger partial charge in [-0.3, -0.25) is 0 Å².